The number of hydrogen-bond acceptors (Lipinski definition) is 7. The van der Waals surface area contributed by atoms with Crippen molar-refractivity contribution in [1.29, 1.82) is 5.26 Å². The zero-order chi connectivity index (χ0) is 28.9. The van der Waals surface area contributed by atoms with Crippen LogP contribution in [0.15, 0.2) is 66.3 Å². The van der Waals surface area contributed by atoms with E-state index in [1.807, 2.05) is 26.0 Å². The molecule has 41 heavy (non-hydrogen) atoms. The van der Waals surface area contributed by atoms with E-state index in [0.29, 0.717) is 19.4 Å². The Morgan fingerprint density at radius 3 is 2.78 bits per heavy atom. The molecular weight excluding hydrogens is 518 g/mol. The molecule has 0 aliphatic carbocycles. The van der Waals surface area contributed by atoms with Crippen molar-refractivity contribution >= 4 is 12.0 Å². The van der Waals surface area contributed by atoms with Crippen molar-refractivity contribution in [2.24, 2.45) is 11.8 Å². The molecule has 1 aromatic carbocycles. The lowest BCUT2D eigenvalue weighted by molar-refractivity contribution is -0.225. The van der Waals surface area contributed by atoms with Gasteiger partial charge in [-0.1, -0.05) is 56.4 Å². The van der Waals surface area contributed by atoms with Crippen LogP contribution in [0.1, 0.15) is 70.3 Å². The number of rotatable bonds is 1. The molecule has 4 heterocycles. The first-order valence-corrected chi connectivity index (χ1v) is 14.8. The topological polar surface area (TPSA) is 87.0 Å². The highest BCUT2D eigenvalue weighted by molar-refractivity contribution is 5.82. The molecule has 0 spiro atoms. The average Bonchev–Trinajstić information content (AvgIpc) is 2.95. The van der Waals surface area contributed by atoms with Gasteiger partial charge in [-0.25, -0.2) is 4.79 Å². The number of hydrogen-bond donors (Lipinski definition) is 0. The lowest BCUT2D eigenvalue weighted by Gasteiger charge is -2.44. The standard InChI is InChI=1S/C34H41NO6/c1-21-17-27-11-12-31(36)41-33-23(3)30(40-32(24(33)4)22(2)13-15-35)10-6-8-25-7-5-9-26(19-25)34-37-16-14-28(39-34)20-29(18-21)38-27/h5-9,11-13,19,23-24,27-30,32-34H,1,10,14,16-18,20H2,2-4H3/b8-6+,12-11+,22-13-/t23-,24-,27-,28+,29?,30-,32+,33-,34+/m0/s1. The van der Waals surface area contributed by atoms with E-state index < -0.39 is 12.3 Å². The van der Waals surface area contributed by atoms with Crippen molar-refractivity contribution in [1.82, 2.24) is 0 Å². The van der Waals surface area contributed by atoms with Crippen LogP contribution in [0.2, 0.25) is 0 Å². The summed E-state index contributed by atoms with van der Waals surface area (Å²) in [6.45, 7) is 10.8. The lowest BCUT2D eigenvalue weighted by Crippen LogP contribution is -2.50. The zero-order valence-corrected chi connectivity index (χ0v) is 24.2. The fourth-order valence-corrected chi connectivity index (χ4v) is 6.51. The Kier molecular flexibility index (Phi) is 9.57. The van der Waals surface area contributed by atoms with E-state index in [4.69, 9.17) is 23.7 Å². The van der Waals surface area contributed by atoms with Gasteiger partial charge < -0.3 is 23.7 Å². The fraction of sp³-hybridized carbons (Fsp3) is 0.529. The van der Waals surface area contributed by atoms with Gasteiger partial charge in [-0.15, -0.1) is 0 Å². The third-order valence-corrected chi connectivity index (χ3v) is 8.65. The minimum Gasteiger partial charge on any atom is -0.458 e. The molecule has 1 unspecified atom stereocenters. The summed E-state index contributed by atoms with van der Waals surface area (Å²) in [6, 6.07) is 10.3. The summed E-state index contributed by atoms with van der Waals surface area (Å²) in [5.74, 6) is -0.564. The van der Waals surface area contributed by atoms with Gasteiger partial charge >= 0.3 is 5.97 Å². The molecular formula is C34H41NO6. The van der Waals surface area contributed by atoms with E-state index in [1.165, 1.54) is 12.2 Å². The summed E-state index contributed by atoms with van der Waals surface area (Å²) in [4.78, 5) is 13.1. The van der Waals surface area contributed by atoms with Crippen molar-refractivity contribution in [3.8, 4) is 6.07 Å². The van der Waals surface area contributed by atoms with Crippen LogP contribution in [0.4, 0.5) is 0 Å². The van der Waals surface area contributed by atoms with Crippen LogP contribution in [0, 0.1) is 23.2 Å². The SMILES string of the molecule is C=C1CC2C[C@H]3CCO[C@H](O3)c3cccc(c3)/C=C/C[C@@H]3O[C@H](/C(C)=C\C#N)[C@H](C)[C@@H](OC(=O)/C=C/[C@@H](C1)O2)[C@H]3C. The van der Waals surface area contributed by atoms with Crippen molar-refractivity contribution in [3.05, 3.63) is 77.4 Å². The molecule has 218 valence electrons. The molecule has 0 saturated carbocycles. The Hall–Kier alpha value is -3.02. The highest BCUT2D eigenvalue weighted by Gasteiger charge is 2.43. The Labute approximate surface area is 243 Å². The van der Waals surface area contributed by atoms with Gasteiger partial charge in [0.05, 0.1) is 43.2 Å². The Balaban J connectivity index is 1.45. The summed E-state index contributed by atoms with van der Waals surface area (Å²) in [7, 11) is 0. The van der Waals surface area contributed by atoms with Gasteiger partial charge in [-0.3, -0.25) is 0 Å². The zero-order valence-electron chi connectivity index (χ0n) is 24.2. The molecule has 7 nitrogen and oxygen atoms in total. The van der Waals surface area contributed by atoms with Crippen molar-refractivity contribution in [2.45, 2.75) is 95.8 Å². The number of nitrogens with zero attached hydrogens (tertiary/aromatic N) is 1. The van der Waals surface area contributed by atoms with Crippen LogP contribution in [-0.2, 0) is 28.5 Å². The number of carbonyl (C=O) groups excluding carboxylic acids is 1. The molecule has 3 saturated heterocycles. The monoisotopic (exact) mass is 559 g/mol. The molecule has 4 aliphatic rings. The lowest BCUT2D eigenvalue weighted by atomic mass is 9.79. The Bertz CT molecular complexity index is 1240. The minimum absolute atomic E-state index is 0.00928. The summed E-state index contributed by atoms with van der Waals surface area (Å²) in [5.41, 5.74) is 3.96. The summed E-state index contributed by atoms with van der Waals surface area (Å²) in [5, 5.41) is 9.28. The average molecular weight is 560 g/mol. The van der Waals surface area contributed by atoms with Gasteiger partial charge in [0.1, 0.15) is 6.10 Å². The fourth-order valence-electron chi connectivity index (χ4n) is 6.51. The third-order valence-electron chi connectivity index (χ3n) is 8.65. The molecule has 9 atom stereocenters. The number of carbonyl (C=O) groups is 1. The van der Waals surface area contributed by atoms with E-state index >= 15 is 0 Å². The molecule has 5 rings (SSSR count). The third kappa shape index (κ3) is 7.25. The molecule has 4 aliphatic heterocycles. The maximum absolute atomic E-state index is 13.1. The van der Waals surface area contributed by atoms with Gasteiger partial charge in [0.25, 0.3) is 0 Å². The predicted molar refractivity (Wildman–Crippen MR) is 155 cm³/mol. The van der Waals surface area contributed by atoms with Crippen LogP contribution in [0.25, 0.3) is 6.08 Å². The van der Waals surface area contributed by atoms with Gasteiger partial charge in [0.15, 0.2) is 6.29 Å². The van der Waals surface area contributed by atoms with Crippen LogP contribution >= 0.6 is 0 Å². The first-order chi connectivity index (χ1) is 19.8. The largest absolute Gasteiger partial charge is 0.458 e. The van der Waals surface area contributed by atoms with Crippen LogP contribution < -0.4 is 0 Å². The number of allylic oxidation sites excluding steroid dienone is 1. The van der Waals surface area contributed by atoms with Gasteiger partial charge in [0, 0.05) is 36.0 Å². The van der Waals surface area contributed by atoms with Crippen LogP contribution in [0.3, 0.4) is 0 Å². The van der Waals surface area contributed by atoms with Crippen LogP contribution in [0.5, 0.6) is 0 Å². The smallest absolute Gasteiger partial charge is 0.330 e. The second-order valence-electron chi connectivity index (χ2n) is 11.8. The second kappa shape index (κ2) is 13.3. The second-order valence-corrected chi connectivity index (χ2v) is 11.8. The quantitative estimate of drug-likeness (QED) is 0.224. The number of benzene rings is 1. The number of esters is 1. The predicted octanol–water partition coefficient (Wildman–Crippen LogP) is 6.38. The molecule has 0 N–H and O–H groups in total. The molecule has 3 fully saturated rings. The number of ether oxygens (including phenoxy) is 5. The van der Waals surface area contributed by atoms with E-state index in [2.05, 4.69) is 43.9 Å². The summed E-state index contributed by atoms with van der Waals surface area (Å²) >= 11 is 0. The van der Waals surface area contributed by atoms with Gasteiger partial charge in [0.2, 0.25) is 0 Å². The van der Waals surface area contributed by atoms with Crippen molar-refractivity contribution < 1.29 is 28.5 Å². The number of nitriles is 1. The highest BCUT2D eigenvalue weighted by Crippen LogP contribution is 2.38. The van der Waals surface area contributed by atoms with Crippen LogP contribution in [-0.4, -0.2) is 49.2 Å². The normalized spacial score (nSPS) is 38.2. The molecule has 0 radical (unpaired) electrons. The molecule has 1 aromatic rings. The number of fused-ring (bicyclic) bond motifs is 9. The van der Waals surface area contributed by atoms with E-state index in [1.54, 1.807) is 6.08 Å². The van der Waals surface area contributed by atoms with Gasteiger partial charge in [-0.2, -0.15) is 5.26 Å². The minimum atomic E-state index is -0.426. The van der Waals surface area contributed by atoms with Gasteiger partial charge in [-0.05, 0) is 55.9 Å². The Morgan fingerprint density at radius 1 is 1.10 bits per heavy atom. The Morgan fingerprint density at radius 2 is 1.95 bits per heavy atom. The first-order valence-electron chi connectivity index (χ1n) is 14.8. The summed E-state index contributed by atoms with van der Waals surface area (Å²) < 4.78 is 31.4. The maximum Gasteiger partial charge on any atom is 0.330 e. The highest BCUT2D eigenvalue weighted by atomic mass is 16.7. The molecule has 0 amide bonds. The van der Waals surface area contributed by atoms with E-state index in [9.17, 15) is 10.1 Å². The maximum atomic E-state index is 13.1. The summed E-state index contributed by atoms with van der Waals surface area (Å²) in [6.07, 6.45) is 11.0. The van der Waals surface area contributed by atoms with E-state index in [0.717, 1.165) is 41.5 Å². The van der Waals surface area contributed by atoms with E-state index in [-0.39, 0.29) is 48.5 Å². The molecule has 0 aromatic heterocycles. The van der Waals surface area contributed by atoms with Crippen molar-refractivity contribution in [2.75, 3.05) is 6.61 Å². The first kappa shape index (κ1) is 29.5. The molecule has 7 heteroatoms. The van der Waals surface area contributed by atoms with Crippen molar-refractivity contribution in [3.63, 3.8) is 0 Å². The molecule has 8 bridgehead atoms.